The third kappa shape index (κ3) is 4.35. The van der Waals surface area contributed by atoms with Gasteiger partial charge in [-0.15, -0.1) is 0 Å². The summed E-state index contributed by atoms with van der Waals surface area (Å²) in [6, 6.07) is 13.6. The Hall–Kier alpha value is -2.89. The smallest absolute Gasteiger partial charge is 0.320 e. The number of urea groups is 1. The van der Waals surface area contributed by atoms with Crippen LogP contribution in [0.2, 0.25) is 0 Å². The van der Waals surface area contributed by atoms with Gasteiger partial charge < -0.3 is 11.1 Å². The molecule has 0 unspecified atom stereocenters. The number of aryl methyl sites for hydroxylation is 1. The van der Waals surface area contributed by atoms with Gasteiger partial charge in [-0.05, 0) is 43.4 Å². The van der Waals surface area contributed by atoms with Crippen LogP contribution in [0.5, 0.6) is 0 Å². The number of rotatable bonds is 5. The molecule has 0 saturated heterocycles. The van der Waals surface area contributed by atoms with E-state index in [0.717, 1.165) is 29.7 Å². The van der Waals surface area contributed by atoms with Crippen molar-refractivity contribution >= 4 is 17.8 Å². The Morgan fingerprint density at radius 2 is 1.88 bits per heavy atom. The molecule has 3 rings (SSSR count). The molecular formula is C19H22N4O2. The summed E-state index contributed by atoms with van der Waals surface area (Å²) in [6.07, 6.45) is 1.97. The summed E-state index contributed by atoms with van der Waals surface area (Å²) in [7, 11) is 0. The van der Waals surface area contributed by atoms with E-state index in [9.17, 15) is 9.59 Å². The summed E-state index contributed by atoms with van der Waals surface area (Å²) in [6.45, 7) is 1.92. The highest BCUT2D eigenvalue weighted by Crippen LogP contribution is 2.30. The average Bonchev–Trinajstić information content (AvgIpc) is 2.53. The van der Waals surface area contributed by atoms with Crippen LogP contribution in [-0.4, -0.2) is 23.0 Å². The highest BCUT2D eigenvalue weighted by atomic mass is 16.2. The highest BCUT2D eigenvalue weighted by Gasteiger charge is 2.31. The standard InChI is InChI=1S/C19H22N4O2/c1-12-16(14-5-3-2-4-6-14)7-8-18(21-12)23-19(25)22-15-9-13(10-15)11-17(20)24/h2-8,13,15H,9-11H2,1H3,(H2,20,24)(H2,21,22,23,25). The molecule has 3 amide bonds. The monoisotopic (exact) mass is 338 g/mol. The fourth-order valence-electron chi connectivity index (χ4n) is 3.20. The number of aromatic nitrogens is 1. The van der Waals surface area contributed by atoms with Crippen LogP contribution in [0.25, 0.3) is 11.1 Å². The summed E-state index contributed by atoms with van der Waals surface area (Å²) in [5, 5.41) is 5.66. The van der Waals surface area contributed by atoms with Crippen LogP contribution < -0.4 is 16.4 Å². The number of hydrogen-bond donors (Lipinski definition) is 3. The van der Waals surface area contributed by atoms with Gasteiger partial charge in [0.15, 0.2) is 0 Å². The van der Waals surface area contributed by atoms with E-state index in [4.69, 9.17) is 5.73 Å². The van der Waals surface area contributed by atoms with Crippen LogP contribution in [-0.2, 0) is 4.79 Å². The van der Waals surface area contributed by atoms with Crippen LogP contribution in [0.15, 0.2) is 42.5 Å². The van der Waals surface area contributed by atoms with Crippen LogP contribution in [0.1, 0.15) is 25.0 Å². The van der Waals surface area contributed by atoms with Gasteiger partial charge in [0.05, 0.1) is 0 Å². The zero-order chi connectivity index (χ0) is 17.8. The second-order valence-corrected chi connectivity index (χ2v) is 6.50. The molecule has 25 heavy (non-hydrogen) atoms. The molecule has 1 fully saturated rings. The molecule has 2 aromatic rings. The lowest BCUT2D eigenvalue weighted by atomic mass is 9.78. The zero-order valence-electron chi connectivity index (χ0n) is 14.2. The fraction of sp³-hybridized carbons (Fsp3) is 0.316. The lowest BCUT2D eigenvalue weighted by Gasteiger charge is -2.35. The number of benzene rings is 1. The van der Waals surface area contributed by atoms with Gasteiger partial charge in [-0.3, -0.25) is 10.1 Å². The number of nitrogens with one attached hydrogen (secondary N) is 2. The third-order valence-electron chi connectivity index (χ3n) is 4.47. The lowest BCUT2D eigenvalue weighted by Crippen LogP contribution is -2.46. The zero-order valence-corrected chi connectivity index (χ0v) is 14.2. The lowest BCUT2D eigenvalue weighted by molar-refractivity contribution is -0.119. The number of carbonyl (C=O) groups is 2. The summed E-state index contributed by atoms with van der Waals surface area (Å²) in [5.74, 6) is 0.516. The second kappa shape index (κ2) is 7.34. The van der Waals surface area contributed by atoms with Crippen molar-refractivity contribution in [2.75, 3.05) is 5.32 Å². The van der Waals surface area contributed by atoms with E-state index in [-0.39, 0.29) is 23.9 Å². The molecule has 6 heteroatoms. The van der Waals surface area contributed by atoms with Crippen molar-refractivity contribution in [2.45, 2.75) is 32.2 Å². The molecule has 1 saturated carbocycles. The predicted octanol–water partition coefficient (Wildman–Crippen LogP) is 2.83. The molecule has 6 nitrogen and oxygen atoms in total. The fourth-order valence-corrected chi connectivity index (χ4v) is 3.20. The van der Waals surface area contributed by atoms with Gasteiger partial charge in [-0.2, -0.15) is 0 Å². The van der Waals surface area contributed by atoms with Gasteiger partial charge in [0, 0.05) is 23.7 Å². The van der Waals surface area contributed by atoms with Gasteiger partial charge in [-0.25, -0.2) is 9.78 Å². The van der Waals surface area contributed by atoms with Crippen LogP contribution >= 0.6 is 0 Å². The first-order chi connectivity index (χ1) is 12.0. The molecule has 0 aliphatic heterocycles. The molecule has 0 bridgehead atoms. The Labute approximate surface area is 146 Å². The average molecular weight is 338 g/mol. The third-order valence-corrected chi connectivity index (χ3v) is 4.47. The van der Waals surface area contributed by atoms with E-state index in [1.54, 1.807) is 6.07 Å². The number of pyridine rings is 1. The maximum absolute atomic E-state index is 12.1. The summed E-state index contributed by atoms with van der Waals surface area (Å²) >= 11 is 0. The molecule has 130 valence electrons. The minimum Gasteiger partial charge on any atom is -0.370 e. The number of anilines is 1. The van der Waals surface area contributed by atoms with Crippen LogP contribution in [0.4, 0.5) is 10.6 Å². The topological polar surface area (TPSA) is 97.1 Å². The van der Waals surface area contributed by atoms with Crippen molar-refractivity contribution in [3.63, 3.8) is 0 Å². The molecule has 0 atom stereocenters. The quantitative estimate of drug-likeness (QED) is 0.782. The number of hydrogen-bond acceptors (Lipinski definition) is 3. The minimum atomic E-state index is -0.286. The Balaban J connectivity index is 1.54. The number of carbonyl (C=O) groups excluding carboxylic acids is 2. The second-order valence-electron chi connectivity index (χ2n) is 6.50. The number of primary amides is 1. The Kier molecular flexibility index (Phi) is 4.97. The van der Waals surface area contributed by atoms with Gasteiger partial charge in [0.2, 0.25) is 5.91 Å². The molecule has 0 radical (unpaired) electrons. The first-order valence-corrected chi connectivity index (χ1v) is 8.40. The predicted molar refractivity (Wildman–Crippen MR) is 96.9 cm³/mol. The number of nitrogens with two attached hydrogens (primary N) is 1. The van der Waals surface area contributed by atoms with E-state index in [1.165, 1.54) is 0 Å². The molecule has 1 heterocycles. The van der Waals surface area contributed by atoms with Gasteiger partial charge in [0.1, 0.15) is 5.82 Å². The molecule has 1 aliphatic carbocycles. The maximum Gasteiger partial charge on any atom is 0.320 e. The molecular weight excluding hydrogens is 316 g/mol. The first-order valence-electron chi connectivity index (χ1n) is 8.40. The van der Waals surface area contributed by atoms with Crippen molar-refractivity contribution in [1.29, 1.82) is 0 Å². The Morgan fingerprint density at radius 1 is 1.16 bits per heavy atom. The van der Waals surface area contributed by atoms with E-state index in [1.807, 2.05) is 43.3 Å². The van der Waals surface area contributed by atoms with E-state index >= 15 is 0 Å². The van der Waals surface area contributed by atoms with Crippen molar-refractivity contribution in [1.82, 2.24) is 10.3 Å². The Bertz CT molecular complexity index is 770. The Morgan fingerprint density at radius 3 is 2.52 bits per heavy atom. The van der Waals surface area contributed by atoms with E-state index in [2.05, 4.69) is 15.6 Å². The molecule has 4 N–H and O–H groups in total. The highest BCUT2D eigenvalue weighted by molar-refractivity contribution is 5.88. The van der Waals surface area contributed by atoms with Gasteiger partial charge >= 0.3 is 6.03 Å². The van der Waals surface area contributed by atoms with Gasteiger partial charge in [0.25, 0.3) is 0 Å². The summed E-state index contributed by atoms with van der Waals surface area (Å²) in [4.78, 5) is 27.4. The SMILES string of the molecule is Cc1nc(NC(=O)NC2CC(CC(N)=O)C2)ccc1-c1ccccc1. The van der Waals surface area contributed by atoms with E-state index in [0.29, 0.717) is 12.2 Å². The first kappa shape index (κ1) is 17.0. The van der Waals surface area contributed by atoms with Crippen molar-refractivity contribution in [3.8, 4) is 11.1 Å². The normalized spacial score (nSPS) is 18.9. The van der Waals surface area contributed by atoms with Crippen LogP contribution in [0.3, 0.4) is 0 Å². The summed E-state index contributed by atoms with van der Waals surface area (Å²) < 4.78 is 0. The van der Waals surface area contributed by atoms with Crippen molar-refractivity contribution in [2.24, 2.45) is 11.7 Å². The molecule has 1 aromatic heterocycles. The summed E-state index contributed by atoms with van der Waals surface area (Å²) in [5.41, 5.74) is 8.17. The van der Waals surface area contributed by atoms with Crippen LogP contribution in [0, 0.1) is 12.8 Å². The van der Waals surface area contributed by atoms with Crippen molar-refractivity contribution < 1.29 is 9.59 Å². The number of nitrogens with zero attached hydrogens (tertiary/aromatic N) is 1. The largest absolute Gasteiger partial charge is 0.370 e. The van der Waals surface area contributed by atoms with Gasteiger partial charge in [-0.1, -0.05) is 30.3 Å². The number of amides is 3. The molecule has 1 aromatic carbocycles. The molecule has 0 spiro atoms. The maximum atomic E-state index is 12.1. The molecule has 1 aliphatic rings. The van der Waals surface area contributed by atoms with Crippen molar-refractivity contribution in [3.05, 3.63) is 48.2 Å². The minimum absolute atomic E-state index is 0.0917. The van der Waals surface area contributed by atoms with E-state index < -0.39 is 0 Å².